The highest BCUT2D eigenvalue weighted by molar-refractivity contribution is 5.95. The monoisotopic (exact) mass is 236 g/mol. The lowest BCUT2D eigenvalue weighted by atomic mass is 10.1. The summed E-state index contributed by atoms with van der Waals surface area (Å²) in [6.07, 6.45) is 0.554. The van der Waals surface area contributed by atoms with Gasteiger partial charge in [-0.05, 0) is 18.4 Å². The Balaban J connectivity index is 2.25. The van der Waals surface area contributed by atoms with E-state index in [0.717, 1.165) is 11.5 Å². The molecule has 0 bridgehead atoms. The van der Waals surface area contributed by atoms with Gasteiger partial charge in [0.1, 0.15) is 5.82 Å². The molecule has 2 N–H and O–H groups in total. The normalized spacial score (nSPS) is 20.6. The van der Waals surface area contributed by atoms with E-state index in [4.69, 9.17) is 5.73 Å². The Kier molecular flexibility index (Phi) is 3.19. The van der Waals surface area contributed by atoms with E-state index >= 15 is 0 Å². The highest BCUT2D eigenvalue weighted by Crippen LogP contribution is 2.26. The molecule has 1 atom stereocenters. The maximum Gasteiger partial charge on any atom is 0.228 e. The van der Waals surface area contributed by atoms with Gasteiger partial charge in [-0.25, -0.2) is 0 Å². The van der Waals surface area contributed by atoms with Crippen LogP contribution in [0.1, 0.15) is 31.9 Å². The minimum Gasteiger partial charge on any atom is -0.330 e. The number of hydrogen-bond donors (Lipinski definition) is 1. The Morgan fingerprint density at radius 3 is 2.76 bits per heavy atom. The Hall–Kier alpha value is -1.36. The summed E-state index contributed by atoms with van der Waals surface area (Å²) in [4.78, 5) is 13.7. The largest absolute Gasteiger partial charge is 0.330 e. The SMILES string of the molecule is CC(C)c1cc(N2CC(CN)CC2=O)n(C)n1. The molecule has 1 amide bonds. The molecule has 94 valence electrons. The third-order valence-electron chi connectivity index (χ3n) is 3.28. The second kappa shape index (κ2) is 4.49. The summed E-state index contributed by atoms with van der Waals surface area (Å²) < 4.78 is 1.78. The lowest BCUT2D eigenvalue weighted by molar-refractivity contribution is -0.117. The molecule has 1 aliphatic rings. The first kappa shape index (κ1) is 12.1. The van der Waals surface area contributed by atoms with Crippen LogP contribution < -0.4 is 10.6 Å². The van der Waals surface area contributed by atoms with Crippen molar-refractivity contribution in [2.75, 3.05) is 18.0 Å². The lowest BCUT2D eigenvalue weighted by Crippen LogP contribution is -2.27. The predicted molar refractivity (Wildman–Crippen MR) is 66.8 cm³/mol. The molecule has 1 aliphatic heterocycles. The van der Waals surface area contributed by atoms with Crippen LogP contribution in [0.4, 0.5) is 5.82 Å². The maximum absolute atomic E-state index is 11.9. The molecule has 0 saturated carbocycles. The van der Waals surface area contributed by atoms with Crippen molar-refractivity contribution >= 4 is 11.7 Å². The number of anilines is 1. The average molecular weight is 236 g/mol. The number of nitrogens with two attached hydrogens (primary N) is 1. The van der Waals surface area contributed by atoms with Crippen molar-refractivity contribution in [1.29, 1.82) is 0 Å². The average Bonchev–Trinajstić information content (AvgIpc) is 2.81. The zero-order valence-corrected chi connectivity index (χ0v) is 10.7. The van der Waals surface area contributed by atoms with Gasteiger partial charge in [-0.3, -0.25) is 14.4 Å². The van der Waals surface area contributed by atoms with Crippen molar-refractivity contribution in [3.63, 3.8) is 0 Å². The number of rotatable bonds is 3. The van der Waals surface area contributed by atoms with Gasteiger partial charge in [0, 0.05) is 26.1 Å². The van der Waals surface area contributed by atoms with Crippen LogP contribution in [0.5, 0.6) is 0 Å². The van der Waals surface area contributed by atoms with Crippen LogP contribution >= 0.6 is 0 Å². The van der Waals surface area contributed by atoms with Crippen LogP contribution in [-0.2, 0) is 11.8 Å². The number of hydrogen-bond acceptors (Lipinski definition) is 3. The highest BCUT2D eigenvalue weighted by Gasteiger charge is 2.31. The van der Waals surface area contributed by atoms with Crippen LogP contribution in [0.25, 0.3) is 0 Å². The van der Waals surface area contributed by atoms with Gasteiger partial charge in [-0.15, -0.1) is 0 Å². The van der Waals surface area contributed by atoms with Gasteiger partial charge in [-0.2, -0.15) is 5.10 Å². The molecule has 1 fully saturated rings. The summed E-state index contributed by atoms with van der Waals surface area (Å²) in [6.45, 7) is 5.48. The fourth-order valence-corrected chi connectivity index (χ4v) is 2.17. The zero-order chi connectivity index (χ0) is 12.6. The van der Waals surface area contributed by atoms with Crippen molar-refractivity contribution in [2.45, 2.75) is 26.2 Å². The summed E-state index contributed by atoms with van der Waals surface area (Å²) in [5, 5.41) is 4.43. The Bertz CT molecular complexity index is 424. The third-order valence-corrected chi connectivity index (χ3v) is 3.28. The smallest absolute Gasteiger partial charge is 0.228 e. The van der Waals surface area contributed by atoms with E-state index < -0.39 is 0 Å². The summed E-state index contributed by atoms with van der Waals surface area (Å²) >= 11 is 0. The summed E-state index contributed by atoms with van der Waals surface area (Å²) in [5.74, 6) is 1.69. The minimum atomic E-state index is 0.152. The van der Waals surface area contributed by atoms with Crippen molar-refractivity contribution in [3.8, 4) is 0 Å². The van der Waals surface area contributed by atoms with E-state index in [9.17, 15) is 4.79 Å². The number of aromatic nitrogens is 2. The van der Waals surface area contributed by atoms with Gasteiger partial charge < -0.3 is 5.73 Å². The van der Waals surface area contributed by atoms with E-state index in [0.29, 0.717) is 25.4 Å². The summed E-state index contributed by atoms with van der Waals surface area (Å²) in [6, 6.07) is 2.00. The van der Waals surface area contributed by atoms with E-state index in [2.05, 4.69) is 18.9 Å². The van der Waals surface area contributed by atoms with Gasteiger partial charge in [0.25, 0.3) is 0 Å². The van der Waals surface area contributed by atoms with Crippen LogP contribution in [-0.4, -0.2) is 28.8 Å². The maximum atomic E-state index is 11.9. The molecule has 0 aromatic carbocycles. The molecule has 17 heavy (non-hydrogen) atoms. The fourth-order valence-electron chi connectivity index (χ4n) is 2.17. The van der Waals surface area contributed by atoms with Gasteiger partial charge in [0.05, 0.1) is 5.69 Å². The molecule has 5 nitrogen and oxygen atoms in total. The van der Waals surface area contributed by atoms with E-state index in [-0.39, 0.29) is 11.8 Å². The molecular formula is C12H20N4O. The molecule has 0 aliphatic carbocycles. The van der Waals surface area contributed by atoms with Crippen molar-refractivity contribution in [2.24, 2.45) is 18.7 Å². The number of amides is 1. The standard InChI is InChI=1S/C12H20N4O/c1-8(2)10-5-11(15(3)14-10)16-7-9(6-13)4-12(16)17/h5,8-9H,4,6-7,13H2,1-3H3. The molecule has 2 heterocycles. The van der Waals surface area contributed by atoms with Crippen molar-refractivity contribution < 1.29 is 4.79 Å². The predicted octanol–water partition coefficient (Wildman–Crippen LogP) is 0.855. The lowest BCUT2D eigenvalue weighted by Gasteiger charge is -2.15. The number of carbonyl (C=O) groups excluding carboxylic acids is 1. The molecule has 0 spiro atoms. The fraction of sp³-hybridized carbons (Fsp3) is 0.667. The Labute approximate surface area is 102 Å². The first-order chi connectivity index (χ1) is 8.02. The van der Waals surface area contributed by atoms with Crippen molar-refractivity contribution in [3.05, 3.63) is 11.8 Å². The van der Waals surface area contributed by atoms with Gasteiger partial charge >= 0.3 is 0 Å². The van der Waals surface area contributed by atoms with E-state index in [1.54, 1.807) is 9.58 Å². The molecule has 1 aromatic heterocycles. The first-order valence-electron chi connectivity index (χ1n) is 6.07. The van der Waals surface area contributed by atoms with E-state index in [1.165, 1.54) is 0 Å². The number of nitrogens with zero attached hydrogens (tertiary/aromatic N) is 3. The Morgan fingerprint density at radius 1 is 1.59 bits per heavy atom. The molecular weight excluding hydrogens is 216 g/mol. The minimum absolute atomic E-state index is 0.152. The molecule has 1 unspecified atom stereocenters. The molecule has 1 saturated heterocycles. The quantitative estimate of drug-likeness (QED) is 0.846. The first-order valence-corrected chi connectivity index (χ1v) is 6.07. The molecule has 2 rings (SSSR count). The van der Waals surface area contributed by atoms with Crippen LogP contribution in [0, 0.1) is 5.92 Å². The highest BCUT2D eigenvalue weighted by atomic mass is 16.2. The topological polar surface area (TPSA) is 64.2 Å². The Morgan fingerprint density at radius 2 is 2.29 bits per heavy atom. The summed E-state index contributed by atoms with van der Waals surface area (Å²) in [7, 11) is 1.88. The van der Waals surface area contributed by atoms with Gasteiger partial charge in [0.15, 0.2) is 0 Å². The second-order valence-corrected chi connectivity index (χ2v) is 5.02. The van der Waals surface area contributed by atoms with Crippen LogP contribution in [0.15, 0.2) is 6.07 Å². The summed E-state index contributed by atoms with van der Waals surface area (Å²) in [5.41, 5.74) is 6.65. The van der Waals surface area contributed by atoms with Crippen LogP contribution in [0.2, 0.25) is 0 Å². The third kappa shape index (κ3) is 2.20. The zero-order valence-electron chi connectivity index (χ0n) is 10.7. The van der Waals surface area contributed by atoms with Crippen LogP contribution in [0.3, 0.4) is 0 Å². The van der Waals surface area contributed by atoms with E-state index in [1.807, 2.05) is 13.1 Å². The number of aryl methyl sites for hydroxylation is 1. The van der Waals surface area contributed by atoms with Gasteiger partial charge in [-0.1, -0.05) is 13.8 Å². The molecule has 0 radical (unpaired) electrons. The number of carbonyl (C=O) groups is 1. The van der Waals surface area contributed by atoms with Crippen molar-refractivity contribution in [1.82, 2.24) is 9.78 Å². The second-order valence-electron chi connectivity index (χ2n) is 5.02. The molecule has 1 aromatic rings. The van der Waals surface area contributed by atoms with Gasteiger partial charge in [0.2, 0.25) is 5.91 Å². The molecule has 5 heteroatoms.